The van der Waals surface area contributed by atoms with Crippen LogP contribution in [0.15, 0.2) is 45.9 Å². The van der Waals surface area contributed by atoms with Crippen molar-refractivity contribution in [2.45, 2.75) is 30.8 Å². The fraction of sp³-hybridized carbons (Fsp3) is 0.333. The molecule has 0 saturated carbocycles. The van der Waals surface area contributed by atoms with Crippen molar-refractivity contribution in [2.24, 2.45) is 5.92 Å². The Morgan fingerprint density at radius 3 is 2.76 bits per heavy atom. The normalized spacial score (nSPS) is 19.9. The van der Waals surface area contributed by atoms with E-state index in [1.54, 1.807) is 11.8 Å². The molecule has 0 spiro atoms. The number of benzene rings is 1. The first kappa shape index (κ1) is 13.3. The molecule has 6 heteroatoms. The summed E-state index contributed by atoms with van der Waals surface area (Å²) >= 11 is 3.56. The molecule has 0 saturated heterocycles. The van der Waals surface area contributed by atoms with Gasteiger partial charge in [-0.15, -0.1) is 10.2 Å². The summed E-state index contributed by atoms with van der Waals surface area (Å²) in [6.07, 6.45) is 0.948. The van der Waals surface area contributed by atoms with Crippen LogP contribution >= 0.6 is 23.5 Å². The van der Waals surface area contributed by atoms with Gasteiger partial charge in [-0.2, -0.15) is 0 Å². The molecule has 1 aromatic heterocycles. The smallest absolute Gasteiger partial charge is 0.216 e. The first-order chi connectivity index (χ1) is 10.2. The van der Waals surface area contributed by atoms with Gasteiger partial charge < -0.3 is 0 Å². The average molecular weight is 316 g/mol. The lowest BCUT2D eigenvalue weighted by Crippen LogP contribution is -2.31. The molecule has 21 heavy (non-hydrogen) atoms. The molecular formula is C15H16N4S2. The number of hydrogen-bond donors (Lipinski definition) is 0. The summed E-state index contributed by atoms with van der Waals surface area (Å²) in [5.74, 6) is 1.63. The minimum atomic E-state index is 0.275. The Morgan fingerprint density at radius 1 is 1.19 bits per heavy atom. The number of nitrogens with zero attached hydrogens (tertiary/aromatic N) is 4. The molecule has 0 bridgehead atoms. The summed E-state index contributed by atoms with van der Waals surface area (Å²) in [6.45, 7) is 4.43. The fourth-order valence-electron chi connectivity index (χ4n) is 2.62. The summed E-state index contributed by atoms with van der Waals surface area (Å²) in [5.41, 5.74) is 1.31. The highest BCUT2D eigenvalue weighted by molar-refractivity contribution is 8.07. The third-order valence-electron chi connectivity index (χ3n) is 3.51. The molecular weight excluding hydrogens is 300 g/mol. The molecule has 0 fully saturated rings. The van der Waals surface area contributed by atoms with Gasteiger partial charge in [-0.05, 0) is 23.2 Å². The predicted molar refractivity (Wildman–Crippen MR) is 87.5 cm³/mol. The van der Waals surface area contributed by atoms with Gasteiger partial charge in [-0.1, -0.05) is 55.9 Å². The van der Waals surface area contributed by atoms with Gasteiger partial charge in [-0.25, -0.2) is 4.68 Å². The molecule has 0 N–H and O–H groups in total. The molecule has 0 amide bonds. The van der Waals surface area contributed by atoms with Crippen LogP contribution in [-0.2, 0) is 6.42 Å². The standard InChI is InChI=1S/C15H16N4S2/c1-10(2)8-12-16-17-15-18(12)19-13(21-15)9-20-14(19)11-6-4-3-5-7-11/h3-7,9-10,14H,8H2,1-2H3/t14-/m1/s1. The number of fused-ring (bicyclic) bond motifs is 3. The Bertz CT molecular complexity index is 693. The third kappa shape index (κ3) is 2.17. The molecule has 1 aromatic carbocycles. The highest BCUT2D eigenvalue weighted by Gasteiger charge is 2.39. The zero-order valence-corrected chi connectivity index (χ0v) is 13.6. The monoisotopic (exact) mass is 316 g/mol. The SMILES string of the molecule is CC(C)Cc1nnc2n1N1C(=CS[C@@H]1c1ccccc1)S2. The zero-order chi connectivity index (χ0) is 14.4. The quantitative estimate of drug-likeness (QED) is 0.861. The van der Waals surface area contributed by atoms with E-state index in [-0.39, 0.29) is 5.37 Å². The van der Waals surface area contributed by atoms with Crippen LogP contribution in [0.5, 0.6) is 0 Å². The molecule has 0 radical (unpaired) electrons. The minimum Gasteiger partial charge on any atom is -0.252 e. The van der Waals surface area contributed by atoms with Crippen LogP contribution in [0.3, 0.4) is 0 Å². The van der Waals surface area contributed by atoms with E-state index in [1.165, 1.54) is 10.6 Å². The van der Waals surface area contributed by atoms with E-state index in [0.29, 0.717) is 5.92 Å². The fourth-order valence-corrected chi connectivity index (χ4v) is 4.87. The van der Waals surface area contributed by atoms with Crippen molar-refractivity contribution in [3.8, 4) is 0 Å². The minimum absolute atomic E-state index is 0.275. The molecule has 0 unspecified atom stereocenters. The van der Waals surface area contributed by atoms with Gasteiger partial charge >= 0.3 is 0 Å². The zero-order valence-electron chi connectivity index (χ0n) is 11.9. The van der Waals surface area contributed by atoms with E-state index in [9.17, 15) is 0 Å². The van der Waals surface area contributed by atoms with E-state index < -0.39 is 0 Å². The summed E-state index contributed by atoms with van der Waals surface area (Å²) in [6, 6.07) is 10.6. The topological polar surface area (TPSA) is 34.0 Å². The molecule has 4 rings (SSSR count). The molecule has 0 aliphatic carbocycles. The van der Waals surface area contributed by atoms with Gasteiger partial charge in [-0.3, -0.25) is 5.01 Å². The van der Waals surface area contributed by atoms with Gasteiger partial charge in [0.15, 0.2) is 5.82 Å². The van der Waals surface area contributed by atoms with Crippen LogP contribution in [-0.4, -0.2) is 14.9 Å². The van der Waals surface area contributed by atoms with Crippen LogP contribution in [0.25, 0.3) is 0 Å². The van der Waals surface area contributed by atoms with E-state index in [4.69, 9.17) is 0 Å². The molecule has 108 valence electrons. The van der Waals surface area contributed by atoms with E-state index in [2.05, 4.69) is 69.5 Å². The molecule has 3 heterocycles. The lowest BCUT2D eigenvalue weighted by molar-refractivity contribution is 0.552. The van der Waals surface area contributed by atoms with Crippen LogP contribution in [0.2, 0.25) is 0 Å². The van der Waals surface area contributed by atoms with Gasteiger partial charge in [0.25, 0.3) is 0 Å². The van der Waals surface area contributed by atoms with Crippen molar-refractivity contribution in [2.75, 3.05) is 5.01 Å². The average Bonchev–Trinajstić information content (AvgIpc) is 3.11. The van der Waals surface area contributed by atoms with Gasteiger partial charge in [0, 0.05) is 11.8 Å². The molecule has 2 aliphatic rings. The second kappa shape index (κ2) is 5.10. The van der Waals surface area contributed by atoms with Crippen LogP contribution in [0.4, 0.5) is 0 Å². The number of hydrogen-bond acceptors (Lipinski definition) is 5. The molecule has 1 atom stereocenters. The Labute approximate surface area is 132 Å². The first-order valence-corrected chi connectivity index (χ1v) is 8.82. The third-order valence-corrected chi connectivity index (χ3v) is 5.70. The molecule has 4 nitrogen and oxygen atoms in total. The Hall–Kier alpha value is -1.40. The second-order valence-electron chi connectivity index (χ2n) is 5.61. The first-order valence-electron chi connectivity index (χ1n) is 7.06. The summed E-state index contributed by atoms with van der Waals surface area (Å²) < 4.78 is 2.20. The van der Waals surface area contributed by atoms with Crippen LogP contribution in [0, 0.1) is 5.92 Å². The van der Waals surface area contributed by atoms with Crippen molar-refractivity contribution in [3.63, 3.8) is 0 Å². The molecule has 2 aromatic rings. The van der Waals surface area contributed by atoms with Crippen LogP contribution in [0.1, 0.15) is 30.6 Å². The Morgan fingerprint density at radius 2 is 2.00 bits per heavy atom. The second-order valence-corrected chi connectivity index (χ2v) is 7.55. The van der Waals surface area contributed by atoms with Crippen molar-refractivity contribution >= 4 is 23.5 Å². The van der Waals surface area contributed by atoms with Crippen molar-refractivity contribution < 1.29 is 0 Å². The molecule has 2 aliphatic heterocycles. The highest BCUT2D eigenvalue weighted by atomic mass is 32.2. The predicted octanol–water partition coefficient (Wildman–Crippen LogP) is 3.76. The Balaban J connectivity index is 1.74. The van der Waals surface area contributed by atoms with E-state index in [1.807, 2.05) is 11.8 Å². The van der Waals surface area contributed by atoms with Gasteiger partial charge in [0.2, 0.25) is 5.16 Å². The lowest BCUT2D eigenvalue weighted by Gasteiger charge is -2.26. The number of rotatable bonds is 3. The van der Waals surface area contributed by atoms with Crippen LogP contribution < -0.4 is 5.01 Å². The van der Waals surface area contributed by atoms with Crippen molar-refractivity contribution in [3.05, 3.63) is 52.2 Å². The van der Waals surface area contributed by atoms with Gasteiger partial charge in [0.1, 0.15) is 10.4 Å². The van der Waals surface area contributed by atoms with E-state index in [0.717, 1.165) is 17.4 Å². The lowest BCUT2D eigenvalue weighted by atomic mass is 10.1. The summed E-state index contributed by atoms with van der Waals surface area (Å²) in [4.78, 5) is 0. The summed E-state index contributed by atoms with van der Waals surface area (Å²) in [5, 5.41) is 15.8. The van der Waals surface area contributed by atoms with Gasteiger partial charge in [0.05, 0.1) is 0 Å². The van der Waals surface area contributed by atoms with Crippen molar-refractivity contribution in [1.82, 2.24) is 14.9 Å². The highest BCUT2D eigenvalue weighted by Crippen LogP contribution is 2.51. The van der Waals surface area contributed by atoms with Crippen molar-refractivity contribution in [1.29, 1.82) is 0 Å². The number of thioether (sulfide) groups is 2. The largest absolute Gasteiger partial charge is 0.252 e. The number of aromatic nitrogens is 3. The maximum absolute atomic E-state index is 4.38. The Kier molecular flexibility index (Phi) is 3.23. The maximum atomic E-state index is 4.38. The summed E-state index contributed by atoms with van der Waals surface area (Å²) in [7, 11) is 0. The maximum Gasteiger partial charge on any atom is 0.216 e. The van der Waals surface area contributed by atoms with E-state index >= 15 is 0 Å².